The number of alkyl carbamates (subject to hydrolysis) is 1. The smallest absolute Gasteiger partial charge is 0.407 e. The van der Waals surface area contributed by atoms with E-state index in [1.54, 1.807) is 6.92 Å². The van der Waals surface area contributed by atoms with Gasteiger partial charge in [-0.15, -0.1) is 0 Å². The lowest BCUT2D eigenvalue weighted by Crippen LogP contribution is -2.49. The SMILES string of the molecule is CCCO[C@H](C)[C@H](NC(=O)OCC1c2ccccc2-c2ccccc21)C(=O)O. The van der Waals surface area contributed by atoms with E-state index in [0.29, 0.717) is 6.61 Å². The molecule has 0 saturated heterocycles. The Morgan fingerprint density at radius 1 is 1.07 bits per heavy atom. The molecule has 1 aliphatic carbocycles. The first kappa shape index (κ1) is 19.9. The van der Waals surface area contributed by atoms with Crippen LogP contribution in [0.3, 0.4) is 0 Å². The summed E-state index contributed by atoms with van der Waals surface area (Å²) in [4.78, 5) is 23.7. The summed E-state index contributed by atoms with van der Waals surface area (Å²) in [7, 11) is 0. The van der Waals surface area contributed by atoms with E-state index in [0.717, 1.165) is 28.7 Å². The molecule has 148 valence electrons. The van der Waals surface area contributed by atoms with Gasteiger partial charge >= 0.3 is 12.1 Å². The number of rotatable bonds is 8. The first-order valence-corrected chi connectivity index (χ1v) is 9.48. The van der Waals surface area contributed by atoms with Crippen LogP contribution in [-0.2, 0) is 14.3 Å². The highest BCUT2D eigenvalue weighted by Gasteiger charge is 2.31. The summed E-state index contributed by atoms with van der Waals surface area (Å²) in [5, 5.41) is 11.8. The third kappa shape index (κ3) is 4.17. The van der Waals surface area contributed by atoms with E-state index >= 15 is 0 Å². The van der Waals surface area contributed by atoms with Crippen molar-refractivity contribution >= 4 is 12.1 Å². The van der Waals surface area contributed by atoms with Crippen molar-refractivity contribution in [2.24, 2.45) is 0 Å². The minimum Gasteiger partial charge on any atom is -0.480 e. The second-order valence-electron chi connectivity index (χ2n) is 6.86. The van der Waals surface area contributed by atoms with Crippen molar-refractivity contribution in [1.82, 2.24) is 5.32 Å². The molecule has 6 heteroatoms. The number of hydrogen-bond acceptors (Lipinski definition) is 4. The molecule has 0 saturated carbocycles. The summed E-state index contributed by atoms with van der Waals surface area (Å²) in [6.45, 7) is 4.12. The van der Waals surface area contributed by atoms with Crippen LogP contribution in [0.25, 0.3) is 11.1 Å². The number of carboxylic acids is 1. The lowest BCUT2D eigenvalue weighted by atomic mass is 9.98. The van der Waals surface area contributed by atoms with Crippen molar-refractivity contribution in [1.29, 1.82) is 0 Å². The van der Waals surface area contributed by atoms with Crippen LogP contribution in [0.1, 0.15) is 37.3 Å². The molecule has 0 aliphatic heterocycles. The molecule has 0 heterocycles. The average molecular weight is 383 g/mol. The quantitative estimate of drug-likeness (QED) is 0.724. The molecular formula is C22H25NO5. The number of carboxylic acid groups (broad SMARTS) is 1. The Balaban J connectivity index is 1.67. The number of amides is 1. The maximum Gasteiger partial charge on any atom is 0.407 e. The number of nitrogens with one attached hydrogen (secondary N) is 1. The van der Waals surface area contributed by atoms with Crippen LogP contribution in [0, 0.1) is 0 Å². The van der Waals surface area contributed by atoms with E-state index in [2.05, 4.69) is 17.4 Å². The summed E-state index contributed by atoms with van der Waals surface area (Å²) >= 11 is 0. The molecule has 28 heavy (non-hydrogen) atoms. The molecule has 3 rings (SSSR count). The van der Waals surface area contributed by atoms with Crippen molar-refractivity contribution in [3.8, 4) is 11.1 Å². The molecule has 2 atom stereocenters. The van der Waals surface area contributed by atoms with Gasteiger partial charge in [0.25, 0.3) is 0 Å². The summed E-state index contributed by atoms with van der Waals surface area (Å²) < 4.78 is 10.8. The highest BCUT2D eigenvalue weighted by Crippen LogP contribution is 2.44. The molecule has 0 fully saturated rings. The van der Waals surface area contributed by atoms with Crippen molar-refractivity contribution in [3.63, 3.8) is 0 Å². The van der Waals surface area contributed by atoms with Gasteiger partial charge < -0.3 is 19.9 Å². The summed E-state index contributed by atoms with van der Waals surface area (Å²) in [6.07, 6.45) is -0.652. The number of aliphatic carboxylic acids is 1. The second kappa shape index (κ2) is 8.89. The van der Waals surface area contributed by atoms with Crippen LogP contribution in [0.4, 0.5) is 4.79 Å². The van der Waals surface area contributed by atoms with E-state index < -0.39 is 24.2 Å². The van der Waals surface area contributed by atoms with Gasteiger partial charge in [0.05, 0.1) is 6.10 Å². The lowest BCUT2D eigenvalue weighted by molar-refractivity contribution is -0.143. The van der Waals surface area contributed by atoms with E-state index in [1.807, 2.05) is 43.3 Å². The zero-order valence-corrected chi connectivity index (χ0v) is 16.1. The maximum absolute atomic E-state index is 12.3. The lowest BCUT2D eigenvalue weighted by Gasteiger charge is -2.22. The van der Waals surface area contributed by atoms with Crippen molar-refractivity contribution in [2.75, 3.05) is 13.2 Å². The molecule has 2 aromatic rings. The largest absolute Gasteiger partial charge is 0.480 e. The molecule has 6 nitrogen and oxygen atoms in total. The van der Waals surface area contributed by atoms with Crippen LogP contribution in [0.15, 0.2) is 48.5 Å². The number of ether oxygens (including phenoxy) is 2. The zero-order valence-electron chi connectivity index (χ0n) is 16.1. The Morgan fingerprint density at radius 2 is 1.64 bits per heavy atom. The predicted octanol–water partition coefficient (Wildman–Crippen LogP) is 3.79. The fraction of sp³-hybridized carbons (Fsp3) is 0.364. The Bertz CT molecular complexity index is 805. The molecule has 0 spiro atoms. The van der Waals surface area contributed by atoms with Gasteiger partial charge in [-0.2, -0.15) is 0 Å². The van der Waals surface area contributed by atoms with E-state index in [-0.39, 0.29) is 12.5 Å². The van der Waals surface area contributed by atoms with Gasteiger partial charge in [-0.3, -0.25) is 0 Å². The molecule has 0 radical (unpaired) electrons. The molecule has 0 aromatic heterocycles. The number of hydrogen-bond donors (Lipinski definition) is 2. The molecule has 0 unspecified atom stereocenters. The summed E-state index contributed by atoms with van der Waals surface area (Å²) in [5.74, 6) is -1.23. The molecule has 2 aromatic carbocycles. The first-order chi connectivity index (χ1) is 13.5. The molecule has 2 N–H and O–H groups in total. The molecular weight excluding hydrogens is 358 g/mol. The van der Waals surface area contributed by atoms with E-state index in [9.17, 15) is 14.7 Å². The van der Waals surface area contributed by atoms with Gasteiger partial charge in [0, 0.05) is 12.5 Å². The highest BCUT2D eigenvalue weighted by atomic mass is 16.6. The third-order valence-electron chi connectivity index (χ3n) is 4.94. The monoisotopic (exact) mass is 383 g/mol. The van der Waals surface area contributed by atoms with Gasteiger partial charge in [-0.1, -0.05) is 55.5 Å². The van der Waals surface area contributed by atoms with Crippen molar-refractivity contribution in [3.05, 3.63) is 59.7 Å². The topological polar surface area (TPSA) is 84.9 Å². The molecule has 1 aliphatic rings. The van der Waals surface area contributed by atoms with Crippen LogP contribution in [-0.4, -0.2) is 42.5 Å². The van der Waals surface area contributed by atoms with Gasteiger partial charge in [0.1, 0.15) is 6.61 Å². The van der Waals surface area contributed by atoms with E-state index in [1.165, 1.54) is 0 Å². The minimum atomic E-state index is -1.16. The van der Waals surface area contributed by atoms with Gasteiger partial charge in [0.2, 0.25) is 0 Å². The fourth-order valence-corrected chi connectivity index (χ4v) is 3.55. The average Bonchev–Trinajstić information content (AvgIpc) is 3.02. The summed E-state index contributed by atoms with van der Waals surface area (Å²) in [6, 6.07) is 14.9. The minimum absolute atomic E-state index is 0.0739. The second-order valence-corrected chi connectivity index (χ2v) is 6.86. The fourth-order valence-electron chi connectivity index (χ4n) is 3.55. The van der Waals surface area contributed by atoms with Crippen LogP contribution in [0.2, 0.25) is 0 Å². The Kier molecular flexibility index (Phi) is 6.31. The maximum atomic E-state index is 12.3. The van der Waals surface area contributed by atoms with Crippen LogP contribution < -0.4 is 5.32 Å². The Morgan fingerprint density at radius 3 is 2.18 bits per heavy atom. The van der Waals surface area contributed by atoms with Gasteiger partial charge in [-0.25, -0.2) is 9.59 Å². The number of carbonyl (C=O) groups excluding carboxylic acids is 1. The number of carbonyl (C=O) groups is 2. The summed E-state index contributed by atoms with van der Waals surface area (Å²) in [5.41, 5.74) is 4.48. The highest BCUT2D eigenvalue weighted by molar-refractivity contribution is 5.81. The van der Waals surface area contributed by atoms with Crippen LogP contribution >= 0.6 is 0 Å². The number of benzene rings is 2. The van der Waals surface area contributed by atoms with Gasteiger partial charge in [-0.05, 0) is 35.6 Å². The van der Waals surface area contributed by atoms with Crippen molar-refractivity contribution in [2.45, 2.75) is 38.3 Å². The molecule has 0 bridgehead atoms. The Hall–Kier alpha value is -2.86. The number of fused-ring (bicyclic) bond motifs is 3. The van der Waals surface area contributed by atoms with Crippen molar-refractivity contribution < 1.29 is 24.2 Å². The zero-order chi connectivity index (χ0) is 20.1. The van der Waals surface area contributed by atoms with E-state index in [4.69, 9.17) is 9.47 Å². The molecule has 1 amide bonds. The standard InChI is InChI=1S/C22H25NO5/c1-3-12-27-14(2)20(21(24)25)23-22(26)28-13-19-17-10-6-4-8-15(17)16-9-5-7-11-18(16)19/h4-11,14,19-20H,3,12-13H2,1-2H3,(H,23,26)(H,24,25)/t14-,20+/m1/s1. The third-order valence-corrected chi connectivity index (χ3v) is 4.94. The Labute approximate surface area is 164 Å². The predicted molar refractivity (Wildman–Crippen MR) is 105 cm³/mol. The van der Waals surface area contributed by atoms with Gasteiger partial charge in [0.15, 0.2) is 6.04 Å². The first-order valence-electron chi connectivity index (χ1n) is 9.48. The van der Waals surface area contributed by atoms with Crippen LogP contribution in [0.5, 0.6) is 0 Å². The normalized spacial score (nSPS) is 14.6.